The minimum absolute atomic E-state index is 0.0314. The largest absolute Gasteiger partial charge is 0.417 e. The number of carbonyl (C=O) groups excluding carboxylic acids is 2. The number of benzene rings is 2. The second kappa shape index (κ2) is 20.3. The molecule has 69 heavy (non-hydrogen) atoms. The van der Waals surface area contributed by atoms with E-state index in [4.69, 9.17) is 16.6 Å². The molecular formula is C49H54ClF3N12O4. The quantitative estimate of drug-likeness (QED) is 0.141. The van der Waals surface area contributed by atoms with E-state index in [0.29, 0.717) is 51.8 Å². The van der Waals surface area contributed by atoms with Crippen molar-refractivity contribution >= 4 is 56.6 Å². The summed E-state index contributed by atoms with van der Waals surface area (Å²) in [6.45, 7) is 7.10. The molecule has 4 fully saturated rings. The van der Waals surface area contributed by atoms with Crippen LogP contribution in [0.5, 0.6) is 0 Å². The zero-order valence-corrected chi connectivity index (χ0v) is 39.1. The number of alkyl halides is 3. The molecule has 8 heterocycles. The van der Waals surface area contributed by atoms with Crippen molar-refractivity contribution in [3.63, 3.8) is 0 Å². The summed E-state index contributed by atoms with van der Waals surface area (Å²) in [6.07, 6.45) is 4.73. The molecule has 0 spiro atoms. The van der Waals surface area contributed by atoms with Crippen molar-refractivity contribution < 1.29 is 22.8 Å². The molecule has 2 atom stereocenters. The van der Waals surface area contributed by atoms with E-state index in [1.165, 1.54) is 12.1 Å². The van der Waals surface area contributed by atoms with Crippen LogP contribution in [0.4, 0.5) is 24.5 Å². The number of likely N-dealkylation sites (tertiary alicyclic amines) is 2. The number of rotatable bonds is 8. The summed E-state index contributed by atoms with van der Waals surface area (Å²) in [5.41, 5.74) is 1.72. The van der Waals surface area contributed by atoms with Crippen LogP contribution in [0, 0.1) is 0 Å². The fourth-order valence-electron chi connectivity index (χ4n) is 10.3. The fourth-order valence-corrected chi connectivity index (χ4v) is 10.6. The monoisotopic (exact) mass is 966 g/mol. The van der Waals surface area contributed by atoms with Gasteiger partial charge >= 0.3 is 6.18 Å². The highest BCUT2D eigenvalue weighted by Crippen LogP contribution is 2.35. The molecule has 2 amide bonds. The van der Waals surface area contributed by atoms with Gasteiger partial charge in [0.15, 0.2) is 0 Å². The maximum Gasteiger partial charge on any atom is 0.417 e. The molecule has 4 aromatic heterocycles. The average Bonchev–Trinajstić information content (AvgIpc) is 4.08. The third-order valence-corrected chi connectivity index (χ3v) is 14.4. The minimum Gasteiger partial charge on any atom is -0.370 e. The van der Waals surface area contributed by atoms with Crippen LogP contribution >= 0.6 is 11.6 Å². The standard InChI is InChI=1S/C25H27F3N6O2.C24H27ClN6O2/c1-29-23(35)20-6-5-17(13-30-20)33-11-8-16(9-12-33)34-10-7-15(14-34)22-31-19-4-2-3-18(25(26,27)28)21(19)24(36)32-22;1-26-23(32)20-6-5-17(13-27-20)30-11-8-16(9-12-30)31-10-7-15(14-31)22-28-19-4-2-3-18(25)21(19)24(33)29-22/h2-6,13,15-16H,7-12,14H2,1H3,(H,29,35)(H,31,32,36);2-6,13,15-16H,7-12,14H2,1H3,(H,26,32)(H,28,29,33). The van der Waals surface area contributed by atoms with Crippen LogP contribution in [0.15, 0.2) is 82.6 Å². The number of hydrogen-bond acceptors (Lipinski definition) is 12. The number of fused-ring (bicyclic) bond motifs is 2. The fraction of sp³-hybridized carbons (Fsp3) is 0.429. The molecule has 4 saturated heterocycles. The number of H-pyrrole nitrogens is 2. The van der Waals surface area contributed by atoms with Gasteiger partial charge in [-0.1, -0.05) is 23.7 Å². The number of nitrogens with zero attached hydrogens (tertiary/aromatic N) is 8. The van der Waals surface area contributed by atoms with E-state index in [9.17, 15) is 32.3 Å². The summed E-state index contributed by atoms with van der Waals surface area (Å²) in [4.78, 5) is 81.4. The number of nitrogens with one attached hydrogen (secondary N) is 4. The highest BCUT2D eigenvalue weighted by molar-refractivity contribution is 6.35. The zero-order valence-electron chi connectivity index (χ0n) is 38.4. The van der Waals surface area contributed by atoms with Crippen LogP contribution in [0.25, 0.3) is 21.8 Å². The van der Waals surface area contributed by atoms with Gasteiger partial charge in [0, 0.05) is 77.3 Å². The number of halogens is 4. The molecule has 2 aromatic carbocycles. The third kappa shape index (κ3) is 10.3. The van der Waals surface area contributed by atoms with Gasteiger partial charge in [-0.3, -0.25) is 29.0 Å². The van der Waals surface area contributed by atoms with E-state index >= 15 is 0 Å². The average molecular weight is 967 g/mol. The Balaban J connectivity index is 0.000000172. The van der Waals surface area contributed by atoms with Crippen LogP contribution in [0.3, 0.4) is 0 Å². The first-order valence-electron chi connectivity index (χ1n) is 23.4. The Kier molecular flexibility index (Phi) is 14.0. The summed E-state index contributed by atoms with van der Waals surface area (Å²) in [6, 6.07) is 17.3. The van der Waals surface area contributed by atoms with E-state index in [1.54, 1.807) is 44.7 Å². The second-order valence-corrected chi connectivity index (χ2v) is 18.5. The van der Waals surface area contributed by atoms with Crippen LogP contribution < -0.4 is 31.6 Å². The molecule has 6 aromatic rings. The number of aromatic nitrogens is 6. The summed E-state index contributed by atoms with van der Waals surface area (Å²) in [5.74, 6) is 1.02. The van der Waals surface area contributed by atoms with Gasteiger partial charge in [0.25, 0.3) is 22.9 Å². The minimum atomic E-state index is -4.61. The molecule has 20 heteroatoms. The highest BCUT2D eigenvalue weighted by atomic mass is 35.5. The van der Waals surface area contributed by atoms with Crippen LogP contribution in [-0.2, 0) is 6.18 Å². The van der Waals surface area contributed by atoms with Gasteiger partial charge in [0.1, 0.15) is 23.0 Å². The van der Waals surface area contributed by atoms with E-state index in [2.05, 4.69) is 55.2 Å². The number of aromatic amines is 2. The summed E-state index contributed by atoms with van der Waals surface area (Å²) in [5, 5.41) is 5.65. The van der Waals surface area contributed by atoms with Crippen molar-refractivity contribution in [2.45, 2.75) is 68.6 Å². The Hall–Kier alpha value is -6.44. The van der Waals surface area contributed by atoms with Gasteiger partial charge in [-0.15, -0.1) is 0 Å². The molecule has 4 aliphatic rings. The van der Waals surface area contributed by atoms with Gasteiger partial charge in [0.05, 0.1) is 56.2 Å². The molecule has 0 aliphatic carbocycles. The van der Waals surface area contributed by atoms with Gasteiger partial charge in [-0.05, 0) is 100 Å². The summed E-state index contributed by atoms with van der Waals surface area (Å²) < 4.78 is 40.0. The van der Waals surface area contributed by atoms with Crippen molar-refractivity contribution in [1.29, 1.82) is 0 Å². The van der Waals surface area contributed by atoms with Crippen molar-refractivity contribution in [2.24, 2.45) is 0 Å². The lowest BCUT2D eigenvalue weighted by atomic mass is 10.0. The molecule has 0 saturated carbocycles. The first kappa shape index (κ1) is 47.6. The predicted molar refractivity (Wildman–Crippen MR) is 258 cm³/mol. The number of piperidine rings is 2. The van der Waals surface area contributed by atoms with Crippen LogP contribution in [0.2, 0.25) is 5.02 Å². The first-order chi connectivity index (χ1) is 33.3. The Morgan fingerprint density at radius 3 is 1.51 bits per heavy atom. The molecule has 16 nitrogen and oxygen atoms in total. The molecule has 0 radical (unpaired) electrons. The second-order valence-electron chi connectivity index (χ2n) is 18.1. The zero-order chi connectivity index (χ0) is 48.4. The van der Waals surface area contributed by atoms with Crippen LogP contribution in [-0.4, -0.2) is 130 Å². The van der Waals surface area contributed by atoms with Gasteiger partial charge < -0.3 is 30.4 Å². The van der Waals surface area contributed by atoms with Crippen molar-refractivity contribution in [1.82, 2.24) is 50.3 Å². The predicted octanol–water partition coefficient (Wildman–Crippen LogP) is 5.94. The number of hydrogen-bond donors (Lipinski definition) is 4. The Bertz CT molecular complexity index is 2940. The molecule has 4 aliphatic heterocycles. The Morgan fingerprint density at radius 2 is 1.07 bits per heavy atom. The van der Waals surface area contributed by atoms with E-state index < -0.39 is 22.7 Å². The molecule has 10 rings (SSSR count). The molecule has 4 N–H and O–H groups in total. The van der Waals surface area contributed by atoms with Gasteiger partial charge in [-0.2, -0.15) is 13.2 Å². The smallest absolute Gasteiger partial charge is 0.370 e. The maximum absolute atomic E-state index is 13.3. The first-order valence-corrected chi connectivity index (χ1v) is 23.8. The van der Waals surface area contributed by atoms with Crippen molar-refractivity contribution in [3.8, 4) is 0 Å². The number of carbonyl (C=O) groups is 2. The van der Waals surface area contributed by atoms with E-state index in [-0.39, 0.29) is 34.7 Å². The summed E-state index contributed by atoms with van der Waals surface area (Å²) >= 11 is 6.19. The third-order valence-electron chi connectivity index (χ3n) is 14.1. The van der Waals surface area contributed by atoms with E-state index in [1.807, 2.05) is 24.3 Å². The number of pyridine rings is 2. The normalized spacial score (nSPS) is 19.7. The molecular weight excluding hydrogens is 913 g/mol. The lowest BCUT2D eigenvalue weighted by Crippen LogP contribution is -2.44. The Morgan fingerprint density at radius 1 is 0.623 bits per heavy atom. The summed E-state index contributed by atoms with van der Waals surface area (Å²) in [7, 11) is 3.18. The molecule has 0 bridgehead atoms. The molecule has 362 valence electrons. The SMILES string of the molecule is CNC(=O)c1ccc(N2CCC(N3CCC(c4nc5cccc(C(F)(F)F)c5c(=O)[nH]4)C3)CC2)cn1.CNC(=O)c1ccc(N2CCC(N3CCC(c4nc5cccc(Cl)c5c(=O)[nH]4)C3)CC2)cn1. The van der Waals surface area contributed by atoms with Gasteiger partial charge in [-0.25, -0.2) is 19.9 Å². The lowest BCUT2D eigenvalue weighted by Gasteiger charge is -2.37. The van der Waals surface area contributed by atoms with E-state index in [0.717, 1.165) is 108 Å². The van der Waals surface area contributed by atoms with Crippen molar-refractivity contribution in [3.05, 3.63) is 127 Å². The lowest BCUT2D eigenvalue weighted by molar-refractivity contribution is -0.136. The van der Waals surface area contributed by atoms with Crippen LogP contribution in [0.1, 0.15) is 88.5 Å². The number of amides is 2. The van der Waals surface area contributed by atoms with Crippen molar-refractivity contribution in [2.75, 3.05) is 76.3 Å². The number of anilines is 2. The molecule has 2 unspecified atom stereocenters. The highest BCUT2D eigenvalue weighted by Gasteiger charge is 2.37. The maximum atomic E-state index is 13.3. The Labute approximate surface area is 400 Å². The van der Waals surface area contributed by atoms with Gasteiger partial charge in [0.2, 0.25) is 0 Å². The topological polar surface area (TPSA) is 188 Å².